The summed E-state index contributed by atoms with van der Waals surface area (Å²) in [4.78, 5) is 18.3. The molecule has 1 aromatic carbocycles. The molecule has 0 spiro atoms. The molecule has 32 heavy (non-hydrogen) atoms. The van der Waals surface area contributed by atoms with Crippen LogP contribution in [-0.4, -0.2) is 64.1 Å². The van der Waals surface area contributed by atoms with Crippen molar-refractivity contribution in [2.45, 2.75) is 6.92 Å². The van der Waals surface area contributed by atoms with E-state index in [0.717, 1.165) is 48.8 Å². The molecule has 0 saturated carbocycles. The second-order valence-electron chi connectivity index (χ2n) is 7.89. The molecule has 5 rings (SSSR count). The van der Waals surface area contributed by atoms with Crippen molar-refractivity contribution in [3.05, 3.63) is 61.2 Å². The van der Waals surface area contributed by atoms with Crippen molar-refractivity contribution in [3.63, 3.8) is 0 Å². The zero-order valence-corrected chi connectivity index (χ0v) is 18.4. The average Bonchev–Trinajstić information content (AvgIpc) is 3.31. The van der Waals surface area contributed by atoms with Crippen LogP contribution in [0.5, 0.6) is 5.88 Å². The summed E-state index contributed by atoms with van der Waals surface area (Å²) in [5.41, 5.74) is 4.90. The number of aromatic nitrogens is 4. The second-order valence-corrected chi connectivity index (χ2v) is 7.89. The maximum atomic E-state index is 5.55. The Bertz CT molecular complexity index is 1200. The molecule has 0 unspecified atom stereocenters. The van der Waals surface area contributed by atoms with Crippen LogP contribution in [0.4, 0.5) is 17.2 Å². The van der Waals surface area contributed by atoms with Crippen LogP contribution >= 0.6 is 0 Å². The lowest BCUT2D eigenvalue weighted by Crippen LogP contribution is -2.44. The van der Waals surface area contributed by atoms with Crippen molar-refractivity contribution in [3.8, 4) is 17.1 Å². The molecule has 1 saturated heterocycles. The Morgan fingerprint density at radius 1 is 0.969 bits per heavy atom. The lowest BCUT2D eigenvalue weighted by Gasteiger charge is -2.34. The smallest absolute Gasteiger partial charge is 0.213 e. The summed E-state index contributed by atoms with van der Waals surface area (Å²) in [5.74, 6) is 1.31. The third-order valence-electron chi connectivity index (χ3n) is 5.75. The molecule has 0 atom stereocenters. The number of imidazole rings is 1. The number of ether oxygens (including phenoxy) is 1. The van der Waals surface area contributed by atoms with Gasteiger partial charge >= 0.3 is 0 Å². The monoisotopic (exact) mass is 429 g/mol. The van der Waals surface area contributed by atoms with E-state index in [9.17, 15) is 0 Å². The minimum absolute atomic E-state index is 0.575. The van der Waals surface area contributed by atoms with Crippen LogP contribution < -0.4 is 15.0 Å². The molecule has 1 fully saturated rings. The van der Waals surface area contributed by atoms with Crippen LogP contribution in [0.1, 0.15) is 6.92 Å². The van der Waals surface area contributed by atoms with Gasteiger partial charge in [0.2, 0.25) is 5.88 Å². The second kappa shape index (κ2) is 8.84. The van der Waals surface area contributed by atoms with Gasteiger partial charge in [-0.05, 0) is 44.3 Å². The number of benzene rings is 1. The first-order valence-electron chi connectivity index (χ1n) is 10.9. The Morgan fingerprint density at radius 2 is 1.78 bits per heavy atom. The van der Waals surface area contributed by atoms with Gasteiger partial charge in [-0.15, -0.1) is 0 Å². The van der Waals surface area contributed by atoms with Crippen molar-refractivity contribution < 1.29 is 4.74 Å². The van der Waals surface area contributed by atoms with Gasteiger partial charge < -0.3 is 19.9 Å². The minimum Gasteiger partial charge on any atom is -0.478 e. The fourth-order valence-corrected chi connectivity index (χ4v) is 3.97. The van der Waals surface area contributed by atoms with Gasteiger partial charge in [-0.2, -0.15) is 0 Å². The molecule has 8 heteroatoms. The Labute approximate surface area is 187 Å². The highest BCUT2D eigenvalue weighted by Crippen LogP contribution is 2.27. The fourth-order valence-electron chi connectivity index (χ4n) is 3.97. The molecule has 0 radical (unpaired) electrons. The first-order chi connectivity index (χ1) is 15.7. The average molecular weight is 430 g/mol. The topological polar surface area (TPSA) is 70.8 Å². The molecule has 1 aliphatic rings. The minimum atomic E-state index is 0.575. The van der Waals surface area contributed by atoms with E-state index in [1.54, 1.807) is 12.4 Å². The molecule has 164 valence electrons. The van der Waals surface area contributed by atoms with E-state index in [1.807, 2.05) is 35.9 Å². The summed E-state index contributed by atoms with van der Waals surface area (Å²) in [5, 5.41) is 3.42. The lowest BCUT2D eigenvalue weighted by atomic mass is 10.2. The van der Waals surface area contributed by atoms with Crippen LogP contribution in [0.3, 0.4) is 0 Å². The Kier molecular flexibility index (Phi) is 5.60. The van der Waals surface area contributed by atoms with Gasteiger partial charge in [0, 0.05) is 67.8 Å². The first kappa shape index (κ1) is 20.3. The largest absolute Gasteiger partial charge is 0.478 e. The zero-order chi connectivity index (χ0) is 21.9. The summed E-state index contributed by atoms with van der Waals surface area (Å²) < 4.78 is 7.58. The van der Waals surface area contributed by atoms with Crippen molar-refractivity contribution in [1.82, 2.24) is 24.3 Å². The van der Waals surface area contributed by atoms with E-state index >= 15 is 0 Å². The molecule has 4 aromatic rings. The number of rotatable bonds is 6. The van der Waals surface area contributed by atoms with Gasteiger partial charge in [0.1, 0.15) is 0 Å². The molecule has 1 aliphatic heterocycles. The zero-order valence-electron chi connectivity index (χ0n) is 18.4. The van der Waals surface area contributed by atoms with E-state index in [2.05, 4.69) is 61.4 Å². The normalized spacial score (nSPS) is 14.6. The SMILES string of the molecule is CCOc1cc(-c2cnc(Nc3ccc(N4CCN(C)CC4)cc3)c3nccn23)ccn1. The maximum absolute atomic E-state index is 5.55. The summed E-state index contributed by atoms with van der Waals surface area (Å²) in [7, 11) is 2.17. The van der Waals surface area contributed by atoms with Crippen molar-refractivity contribution >= 4 is 22.8 Å². The third kappa shape index (κ3) is 4.09. The van der Waals surface area contributed by atoms with Crippen LogP contribution in [-0.2, 0) is 0 Å². The van der Waals surface area contributed by atoms with E-state index in [-0.39, 0.29) is 0 Å². The van der Waals surface area contributed by atoms with Crippen LogP contribution in [0.15, 0.2) is 61.2 Å². The standard InChI is InChI=1S/C24H27N7O/c1-3-32-22-16-18(8-9-25-22)21-17-27-23(24-26-10-11-31(21)24)28-19-4-6-20(7-5-19)30-14-12-29(2)13-15-30/h4-11,16-17H,3,12-15H2,1-2H3,(H,27,28). The number of likely N-dealkylation sites (N-methyl/N-ethyl adjacent to an activating group) is 1. The van der Waals surface area contributed by atoms with Gasteiger partial charge in [-0.25, -0.2) is 15.0 Å². The number of fused-ring (bicyclic) bond motifs is 1. The van der Waals surface area contributed by atoms with Crippen LogP contribution in [0, 0.1) is 0 Å². The molecule has 3 aromatic heterocycles. The Hall–Kier alpha value is -3.65. The molecule has 4 heterocycles. The lowest BCUT2D eigenvalue weighted by molar-refractivity contribution is 0.313. The first-order valence-corrected chi connectivity index (χ1v) is 10.9. The van der Waals surface area contributed by atoms with Gasteiger partial charge in [0.05, 0.1) is 18.5 Å². The summed E-state index contributed by atoms with van der Waals surface area (Å²) >= 11 is 0. The number of anilines is 3. The summed E-state index contributed by atoms with van der Waals surface area (Å²) in [6.07, 6.45) is 7.32. The molecular weight excluding hydrogens is 402 g/mol. The molecule has 0 aliphatic carbocycles. The summed E-state index contributed by atoms with van der Waals surface area (Å²) in [6.45, 7) is 6.82. The van der Waals surface area contributed by atoms with Gasteiger partial charge in [-0.3, -0.25) is 4.40 Å². The van der Waals surface area contributed by atoms with E-state index in [4.69, 9.17) is 4.74 Å². The third-order valence-corrected chi connectivity index (χ3v) is 5.75. The molecular formula is C24H27N7O. The number of hydrogen-bond donors (Lipinski definition) is 1. The fraction of sp³-hybridized carbons (Fsp3) is 0.292. The molecule has 0 amide bonds. The summed E-state index contributed by atoms with van der Waals surface area (Å²) in [6, 6.07) is 12.4. The predicted octanol–water partition coefficient (Wildman–Crippen LogP) is 3.69. The number of nitrogens with zero attached hydrogens (tertiary/aromatic N) is 6. The predicted molar refractivity (Wildman–Crippen MR) is 127 cm³/mol. The number of pyridine rings is 1. The highest BCUT2D eigenvalue weighted by Gasteiger charge is 2.15. The van der Waals surface area contributed by atoms with Crippen LogP contribution in [0.25, 0.3) is 16.9 Å². The van der Waals surface area contributed by atoms with Gasteiger partial charge in [0.25, 0.3) is 0 Å². The van der Waals surface area contributed by atoms with Crippen LogP contribution in [0.2, 0.25) is 0 Å². The number of nitrogens with one attached hydrogen (secondary N) is 1. The maximum Gasteiger partial charge on any atom is 0.213 e. The van der Waals surface area contributed by atoms with Gasteiger partial charge in [0.15, 0.2) is 11.5 Å². The molecule has 0 bridgehead atoms. The van der Waals surface area contributed by atoms with Crippen molar-refractivity contribution in [2.75, 3.05) is 50.1 Å². The highest BCUT2D eigenvalue weighted by atomic mass is 16.5. The highest BCUT2D eigenvalue weighted by molar-refractivity contribution is 5.74. The van der Waals surface area contributed by atoms with E-state index in [0.29, 0.717) is 18.3 Å². The molecule has 8 nitrogen and oxygen atoms in total. The number of hydrogen-bond acceptors (Lipinski definition) is 7. The number of piperazine rings is 1. The van der Waals surface area contributed by atoms with Gasteiger partial charge in [-0.1, -0.05) is 0 Å². The Balaban J connectivity index is 1.38. The quantitative estimate of drug-likeness (QED) is 0.501. The van der Waals surface area contributed by atoms with Crippen molar-refractivity contribution in [1.29, 1.82) is 0 Å². The van der Waals surface area contributed by atoms with E-state index < -0.39 is 0 Å². The van der Waals surface area contributed by atoms with E-state index in [1.165, 1.54) is 5.69 Å². The molecule has 1 N–H and O–H groups in total. The Morgan fingerprint density at radius 3 is 2.56 bits per heavy atom. The van der Waals surface area contributed by atoms with Crippen molar-refractivity contribution in [2.24, 2.45) is 0 Å².